The van der Waals surface area contributed by atoms with Crippen LogP contribution in [-0.4, -0.2) is 24.2 Å². The van der Waals surface area contributed by atoms with Crippen LogP contribution in [0.4, 0.5) is 5.69 Å². The Morgan fingerprint density at radius 2 is 2.11 bits per heavy atom. The largest absolute Gasteiger partial charge is 0.497 e. The van der Waals surface area contributed by atoms with Gasteiger partial charge in [0.1, 0.15) is 5.75 Å². The number of anilines is 1. The van der Waals surface area contributed by atoms with Gasteiger partial charge in [0.2, 0.25) is 0 Å². The number of carboxylic acid groups (broad SMARTS) is 1. The minimum atomic E-state index is -0.930. The van der Waals surface area contributed by atoms with E-state index in [1.807, 2.05) is 0 Å². The van der Waals surface area contributed by atoms with Crippen molar-refractivity contribution in [3.05, 3.63) is 23.8 Å². The first-order chi connectivity index (χ1) is 8.97. The van der Waals surface area contributed by atoms with Crippen molar-refractivity contribution < 1.29 is 14.6 Å². The number of nitrogens with one attached hydrogen (secondary N) is 1. The third kappa shape index (κ3) is 4.47. The molecule has 0 saturated heterocycles. The quantitative estimate of drug-likeness (QED) is 0.790. The first kappa shape index (κ1) is 15.3. The van der Waals surface area contributed by atoms with E-state index < -0.39 is 5.97 Å². The first-order valence-electron chi connectivity index (χ1n) is 6.65. The molecule has 0 aliphatic heterocycles. The van der Waals surface area contributed by atoms with E-state index in [2.05, 4.69) is 26.1 Å². The fraction of sp³-hybridized carbons (Fsp3) is 0.533. The monoisotopic (exact) mass is 265 g/mol. The molecular weight excluding hydrogens is 242 g/mol. The van der Waals surface area contributed by atoms with Gasteiger partial charge in [-0.2, -0.15) is 0 Å². The van der Waals surface area contributed by atoms with Crippen LogP contribution in [0.5, 0.6) is 5.75 Å². The highest BCUT2D eigenvalue weighted by molar-refractivity contribution is 5.94. The number of hydrogen-bond donors (Lipinski definition) is 2. The molecule has 0 radical (unpaired) electrons. The number of ether oxygens (including phenoxy) is 1. The molecule has 2 atom stereocenters. The van der Waals surface area contributed by atoms with Gasteiger partial charge >= 0.3 is 5.97 Å². The summed E-state index contributed by atoms with van der Waals surface area (Å²) >= 11 is 0. The van der Waals surface area contributed by atoms with Crippen LogP contribution in [-0.2, 0) is 0 Å². The molecule has 0 heterocycles. The van der Waals surface area contributed by atoms with Gasteiger partial charge in [-0.1, -0.05) is 20.3 Å². The van der Waals surface area contributed by atoms with Gasteiger partial charge in [0.25, 0.3) is 0 Å². The molecule has 1 aromatic rings. The molecule has 0 fully saturated rings. The fourth-order valence-corrected chi connectivity index (χ4v) is 2.05. The lowest BCUT2D eigenvalue weighted by atomic mass is 10.00. The maximum Gasteiger partial charge on any atom is 0.337 e. The minimum Gasteiger partial charge on any atom is -0.497 e. The number of carboxylic acids is 1. The number of hydrogen-bond acceptors (Lipinski definition) is 3. The Hall–Kier alpha value is -1.71. The van der Waals surface area contributed by atoms with Gasteiger partial charge in [-0.25, -0.2) is 4.79 Å². The Kier molecular flexibility index (Phi) is 5.67. The maximum atomic E-state index is 11.2. The average molecular weight is 265 g/mol. The topological polar surface area (TPSA) is 58.6 Å². The van der Waals surface area contributed by atoms with Gasteiger partial charge in [-0.15, -0.1) is 0 Å². The van der Waals surface area contributed by atoms with Crippen LogP contribution in [0.2, 0.25) is 0 Å². The van der Waals surface area contributed by atoms with Crippen molar-refractivity contribution in [2.75, 3.05) is 12.4 Å². The molecule has 1 aromatic carbocycles. The smallest absolute Gasteiger partial charge is 0.337 e. The SMILES string of the molecule is CCC(C)CC(C)Nc1cc(OC)ccc1C(=O)O. The summed E-state index contributed by atoms with van der Waals surface area (Å²) < 4.78 is 5.14. The molecule has 0 saturated carbocycles. The van der Waals surface area contributed by atoms with Crippen molar-refractivity contribution in [1.29, 1.82) is 0 Å². The van der Waals surface area contributed by atoms with Crippen molar-refractivity contribution in [1.82, 2.24) is 0 Å². The standard InChI is InChI=1S/C15H23NO3/c1-5-10(2)8-11(3)16-14-9-12(19-4)6-7-13(14)15(17)18/h6-7,9-11,16H,5,8H2,1-4H3,(H,17,18). The molecule has 2 N–H and O–H groups in total. The van der Waals surface area contributed by atoms with E-state index >= 15 is 0 Å². The molecule has 0 amide bonds. The molecule has 0 aliphatic rings. The Morgan fingerprint density at radius 3 is 2.63 bits per heavy atom. The lowest BCUT2D eigenvalue weighted by Gasteiger charge is -2.20. The van der Waals surface area contributed by atoms with Crippen LogP contribution in [0.1, 0.15) is 44.0 Å². The summed E-state index contributed by atoms with van der Waals surface area (Å²) in [5, 5.41) is 12.5. The van der Waals surface area contributed by atoms with E-state index in [-0.39, 0.29) is 11.6 Å². The summed E-state index contributed by atoms with van der Waals surface area (Å²) in [5.74, 6) is 0.338. The van der Waals surface area contributed by atoms with Crippen LogP contribution in [0.3, 0.4) is 0 Å². The van der Waals surface area contributed by atoms with Crippen molar-refractivity contribution >= 4 is 11.7 Å². The highest BCUT2D eigenvalue weighted by atomic mass is 16.5. The second-order valence-corrected chi connectivity index (χ2v) is 5.01. The molecule has 2 unspecified atom stereocenters. The van der Waals surface area contributed by atoms with Gasteiger partial charge in [-0.3, -0.25) is 0 Å². The summed E-state index contributed by atoms with van der Waals surface area (Å²) in [5.41, 5.74) is 0.888. The third-order valence-electron chi connectivity index (χ3n) is 3.31. The van der Waals surface area contributed by atoms with Crippen LogP contribution < -0.4 is 10.1 Å². The first-order valence-corrected chi connectivity index (χ1v) is 6.65. The molecule has 4 nitrogen and oxygen atoms in total. The van der Waals surface area contributed by atoms with Gasteiger partial charge in [0, 0.05) is 12.1 Å². The van der Waals surface area contributed by atoms with E-state index in [1.165, 1.54) is 0 Å². The average Bonchev–Trinajstić information content (AvgIpc) is 2.37. The van der Waals surface area contributed by atoms with Crippen molar-refractivity contribution in [3.8, 4) is 5.75 Å². The number of rotatable bonds is 7. The predicted molar refractivity (Wildman–Crippen MR) is 77.1 cm³/mol. The number of methoxy groups -OCH3 is 1. The van der Waals surface area contributed by atoms with E-state index in [0.29, 0.717) is 17.4 Å². The third-order valence-corrected chi connectivity index (χ3v) is 3.31. The molecule has 0 aromatic heterocycles. The Labute approximate surface area is 114 Å². The van der Waals surface area contributed by atoms with Gasteiger partial charge in [-0.05, 0) is 31.4 Å². The van der Waals surface area contributed by atoms with Crippen molar-refractivity contribution in [3.63, 3.8) is 0 Å². The Morgan fingerprint density at radius 1 is 1.42 bits per heavy atom. The van der Waals surface area contributed by atoms with E-state index in [0.717, 1.165) is 12.8 Å². The van der Waals surface area contributed by atoms with Crippen molar-refractivity contribution in [2.24, 2.45) is 5.92 Å². The predicted octanol–water partition coefficient (Wildman–Crippen LogP) is 3.63. The van der Waals surface area contributed by atoms with Gasteiger partial charge in [0.05, 0.1) is 18.4 Å². The van der Waals surface area contributed by atoms with E-state index in [1.54, 1.807) is 25.3 Å². The molecule has 4 heteroatoms. The van der Waals surface area contributed by atoms with Crippen LogP contribution in [0.25, 0.3) is 0 Å². The molecule has 106 valence electrons. The lowest BCUT2D eigenvalue weighted by Crippen LogP contribution is -2.20. The summed E-state index contributed by atoms with van der Waals surface area (Å²) in [4.78, 5) is 11.2. The molecule has 0 bridgehead atoms. The Balaban J connectivity index is 2.88. The molecular formula is C15H23NO3. The van der Waals surface area contributed by atoms with E-state index in [9.17, 15) is 9.90 Å². The summed E-state index contributed by atoms with van der Waals surface area (Å²) in [7, 11) is 1.57. The summed E-state index contributed by atoms with van der Waals surface area (Å²) in [6, 6.07) is 5.18. The molecule has 0 spiro atoms. The van der Waals surface area contributed by atoms with Gasteiger partial charge in [0.15, 0.2) is 0 Å². The molecule has 19 heavy (non-hydrogen) atoms. The zero-order chi connectivity index (χ0) is 14.4. The summed E-state index contributed by atoms with van der Waals surface area (Å²) in [6.45, 7) is 6.42. The zero-order valence-corrected chi connectivity index (χ0v) is 12.1. The number of aromatic carboxylic acids is 1. The summed E-state index contributed by atoms with van der Waals surface area (Å²) in [6.07, 6.45) is 2.13. The highest BCUT2D eigenvalue weighted by Crippen LogP contribution is 2.24. The normalized spacial score (nSPS) is 13.7. The minimum absolute atomic E-state index is 0.222. The van der Waals surface area contributed by atoms with Crippen molar-refractivity contribution in [2.45, 2.75) is 39.7 Å². The van der Waals surface area contributed by atoms with Gasteiger partial charge < -0.3 is 15.2 Å². The maximum absolute atomic E-state index is 11.2. The van der Waals surface area contributed by atoms with Crippen LogP contribution in [0, 0.1) is 5.92 Å². The van der Waals surface area contributed by atoms with E-state index in [4.69, 9.17) is 4.74 Å². The van der Waals surface area contributed by atoms with Crippen LogP contribution in [0.15, 0.2) is 18.2 Å². The zero-order valence-electron chi connectivity index (χ0n) is 12.1. The lowest BCUT2D eigenvalue weighted by molar-refractivity contribution is 0.0698. The Bertz CT molecular complexity index is 431. The molecule has 1 rings (SSSR count). The fourth-order valence-electron chi connectivity index (χ4n) is 2.05. The number of benzene rings is 1. The molecule has 0 aliphatic carbocycles. The number of carbonyl (C=O) groups is 1. The second kappa shape index (κ2) is 7.02. The second-order valence-electron chi connectivity index (χ2n) is 5.01. The highest BCUT2D eigenvalue weighted by Gasteiger charge is 2.14. The van der Waals surface area contributed by atoms with Crippen LogP contribution >= 0.6 is 0 Å².